The van der Waals surface area contributed by atoms with Gasteiger partial charge in [-0.2, -0.15) is 0 Å². The van der Waals surface area contributed by atoms with Gasteiger partial charge in [-0.05, 0) is 54.0 Å². The summed E-state index contributed by atoms with van der Waals surface area (Å²) in [5, 5.41) is 11.1. The lowest BCUT2D eigenvalue weighted by molar-refractivity contribution is -0.184. The maximum atomic E-state index is 13.1. The maximum Gasteiger partial charge on any atom is 0.317 e. The predicted molar refractivity (Wildman–Crippen MR) is 118 cm³/mol. The number of carbonyl (C=O) groups excluding carboxylic acids is 3. The molecule has 1 aliphatic carbocycles. The van der Waals surface area contributed by atoms with Crippen molar-refractivity contribution in [2.24, 2.45) is 17.8 Å². The molecule has 1 saturated carbocycles. The molecule has 1 aliphatic rings. The average Bonchev–Trinajstić information content (AvgIpc) is 2.56. The lowest BCUT2D eigenvalue weighted by atomic mass is 9.63. The second-order valence-electron chi connectivity index (χ2n) is 10.4. The van der Waals surface area contributed by atoms with Crippen molar-refractivity contribution in [1.82, 2.24) is 0 Å². The molecule has 0 bridgehead atoms. The zero-order valence-corrected chi connectivity index (χ0v) is 19.5. The highest BCUT2D eigenvalue weighted by Gasteiger charge is 2.56. The molecule has 0 saturated heterocycles. The minimum absolute atomic E-state index is 0.337. The molecule has 0 heterocycles. The highest BCUT2D eigenvalue weighted by atomic mass is 16.6. The first-order valence-corrected chi connectivity index (χ1v) is 10.5. The normalized spacial score (nSPS) is 27.2. The number of carbonyl (C=O) groups is 3. The summed E-state index contributed by atoms with van der Waals surface area (Å²) in [5.41, 5.74) is -2.41. The summed E-state index contributed by atoms with van der Waals surface area (Å²) in [4.78, 5) is 39.1. The molecular formula is C25H34O6. The van der Waals surface area contributed by atoms with Crippen LogP contribution in [-0.2, 0) is 23.9 Å². The first kappa shape index (κ1) is 24.8. The first-order valence-electron chi connectivity index (χ1n) is 10.5. The lowest BCUT2D eigenvalue weighted by Gasteiger charge is -2.43. The summed E-state index contributed by atoms with van der Waals surface area (Å²) in [6.45, 7) is 11.8. The van der Waals surface area contributed by atoms with E-state index in [0.717, 1.165) is 5.56 Å². The molecule has 2 rings (SSSR count). The van der Waals surface area contributed by atoms with Gasteiger partial charge in [0.05, 0.1) is 11.5 Å². The Balaban J connectivity index is 2.54. The van der Waals surface area contributed by atoms with Gasteiger partial charge in [-0.15, -0.1) is 0 Å². The van der Waals surface area contributed by atoms with Crippen molar-refractivity contribution in [3.8, 4) is 0 Å². The van der Waals surface area contributed by atoms with Gasteiger partial charge >= 0.3 is 11.9 Å². The van der Waals surface area contributed by atoms with Gasteiger partial charge in [0, 0.05) is 12.3 Å². The van der Waals surface area contributed by atoms with E-state index in [0.29, 0.717) is 0 Å². The predicted octanol–water partition coefficient (Wildman–Crippen LogP) is 3.96. The average molecular weight is 431 g/mol. The summed E-state index contributed by atoms with van der Waals surface area (Å²) in [7, 11) is 0. The van der Waals surface area contributed by atoms with Crippen molar-refractivity contribution in [3.05, 3.63) is 42.0 Å². The summed E-state index contributed by atoms with van der Waals surface area (Å²) >= 11 is 0. The number of ether oxygens (including phenoxy) is 2. The van der Waals surface area contributed by atoms with Crippen molar-refractivity contribution in [3.63, 3.8) is 0 Å². The number of hydrogen-bond acceptors (Lipinski definition) is 6. The van der Waals surface area contributed by atoms with E-state index >= 15 is 0 Å². The number of allylic oxidation sites excluding steroid dienone is 1. The Morgan fingerprint density at radius 1 is 1.00 bits per heavy atom. The third-order valence-corrected chi connectivity index (χ3v) is 4.95. The zero-order chi connectivity index (χ0) is 23.6. The number of ketones is 1. The van der Waals surface area contributed by atoms with Gasteiger partial charge in [-0.1, -0.05) is 42.5 Å². The molecule has 6 heteroatoms. The summed E-state index contributed by atoms with van der Waals surface area (Å²) in [5.74, 6) is -5.05. The minimum Gasteiger partial charge on any atom is -0.460 e. The van der Waals surface area contributed by atoms with Crippen LogP contribution >= 0.6 is 0 Å². The molecule has 0 aliphatic heterocycles. The zero-order valence-electron chi connectivity index (χ0n) is 19.5. The molecule has 170 valence electrons. The Hall–Kier alpha value is -2.47. The van der Waals surface area contributed by atoms with E-state index < -0.39 is 52.3 Å². The molecule has 1 N–H and O–H groups in total. The summed E-state index contributed by atoms with van der Waals surface area (Å²) < 4.78 is 11.1. The summed E-state index contributed by atoms with van der Waals surface area (Å²) in [6, 6.07) is 9.32. The van der Waals surface area contributed by atoms with E-state index in [2.05, 4.69) is 0 Å². The standard InChI is InChI=1S/C25H34O6/c1-23(2,3)30-21(27)19-17(14-13-16-11-9-8-10-12-16)20(22(28)31-24(4,5)6)25(7,29)15-18(19)26/h8-14,17,19-20,29H,15H2,1-7H3/b14-13+/t17-,19+,20+,25+/m0/s1. The Morgan fingerprint density at radius 2 is 1.52 bits per heavy atom. The van der Waals surface area contributed by atoms with E-state index in [9.17, 15) is 19.5 Å². The Labute approximate surface area is 184 Å². The molecule has 4 atom stereocenters. The summed E-state index contributed by atoms with van der Waals surface area (Å²) in [6.07, 6.45) is 3.05. The largest absolute Gasteiger partial charge is 0.460 e. The van der Waals surface area contributed by atoms with Gasteiger partial charge < -0.3 is 14.6 Å². The van der Waals surface area contributed by atoms with Crippen molar-refractivity contribution >= 4 is 23.8 Å². The van der Waals surface area contributed by atoms with Crippen LogP contribution in [-0.4, -0.2) is 39.6 Å². The van der Waals surface area contributed by atoms with Crippen LogP contribution in [0.1, 0.15) is 60.5 Å². The highest BCUT2D eigenvalue weighted by Crippen LogP contribution is 2.43. The minimum atomic E-state index is -1.66. The van der Waals surface area contributed by atoms with E-state index in [1.165, 1.54) is 6.92 Å². The molecule has 31 heavy (non-hydrogen) atoms. The molecule has 0 unspecified atom stereocenters. The van der Waals surface area contributed by atoms with Crippen molar-refractivity contribution in [2.75, 3.05) is 0 Å². The number of hydrogen-bond donors (Lipinski definition) is 1. The van der Waals surface area contributed by atoms with Crippen LogP contribution in [0.5, 0.6) is 0 Å². The molecule has 6 nitrogen and oxygen atoms in total. The van der Waals surface area contributed by atoms with Crippen LogP contribution < -0.4 is 0 Å². The molecule has 1 aromatic carbocycles. The fourth-order valence-electron chi connectivity index (χ4n) is 3.83. The van der Waals surface area contributed by atoms with Crippen molar-refractivity contribution in [2.45, 2.75) is 71.7 Å². The molecule has 0 aromatic heterocycles. The lowest BCUT2D eigenvalue weighted by Crippen LogP contribution is -2.57. The van der Waals surface area contributed by atoms with E-state index in [-0.39, 0.29) is 6.42 Å². The Morgan fingerprint density at radius 3 is 2.03 bits per heavy atom. The van der Waals surface area contributed by atoms with Crippen LogP contribution in [0, 0.1) is 17.8 Å². The van der Waals surface area contributed by atoms with E-state index in [1.807, 2.05) is 30.3 Å². The van der Waals surface area contributed by atoms with Gasteiger partial charge in [0.1, 0.15) is 17.1 Å². The number of Topliss-reactive ketones (excluding diaryl/α,β-unsaturated/α-hetero) is 1. The van der Waals surface area contributed by atoms with Gasteiger partial charge in [-0.25, -0.2) is 0 Å². The molecule has 0 radical (unpaired) electrons. The highest BCUT2D eigenvalue weighted by molar-refractivity contribution is 6.02. The van der Waals surface area contributed by atoms with Crippen LogP contribution in [0.4, 0.5) is 0 Å². The second-order valence-corrected chi connectivity index (χ2v) is 10.4. The monoisotopic (exact) mass is 430 g/mol. The smallest absolute Gasteiger partial charge is 0.317 e. The van der Waals surface area contributed by atoms with Gasteiger partial charge in [0.2, 0.25) is 0 Å². The maximum absolute atomic E-state index is 13.1. The topological polar surface area (TPSA) is 89.9 Å². The fraction of sp³-hybridized carbons (Fsp3) is 0.560. The Bertz CT molecular complexity index is 839. The van der Waals surface area contributed by atoms with Crippen molar-refractivity contribution < 1.29 is 29.0 Å². The molecule has 1 aromatic rings. The van der Waals surface area contributed by atoms with Crippen molar-refractivity contribution in [1.29, 1.82) is 0 Å². The molecule has 0 amide bonds. The quantitative estimate of drug-likeness (QED) is 0.575. The van der Waals surface area contributed by atoms with Crippen LogP contribution in [0.25, 0.3) is 6.08 Å². The first-order chi connectivity index (χ1) is 14.1. The molecule has 0 spiro atoms. The van der Waals surface area contributed by atoms with Gasteiger partial charge in [0.15, 0.2) is 5.78 Å². The fourth-order valence-corrected chi connectivity index (χ4v) is 3.83. The third kappa shape index (κ3) is 6.76. The van der Waals surface area contributed by atoms with Crippen LogP contribution in [0.2, 0.25) is 0 Å². The number of benzene rings is 1. The van der Waals surface area contributed by atoms with Crippen LogP contribution in [0.3, 0.4) is 0 Å². The van der Waals surface area contributed by atoms with Crippen LogP contribution in [0.15, 0.2) is 36.4 Å². The molecular weight excluding hydrogens is 396 g/mol. The number of rotatable bonds is 4. The third-order valence-electron chi connectivity index (χ3n) is 4.95. The number of esters is 2. The van der Waals surface area contributed by atoms with E-state index in [1.54, 1.807) is 53.7 Å². The molecule has 1 fully saturated rings. The second kappa shape index (κ2) is 8.95. The number of aliphatic hydroxyl groups is 1. The van der Waals surface area contributed by atoms with Gasteiger partial charge in [0.25, 0.3) is 0 Å². The SMILES string of the molecule is CC(C)(C)OC(=O)[C@H]1C(=O)C[C@@](C)(O)[C@@H](C(=O)OC(C)(C)C)[C@H]1/C=C/c1ccccc1. The Kier molecular flexibility index (Phi) is 7.16. The van der Waals surface area contributed by atoms with E-state index in [4.69, 9.17) is 9.47 Å². The van der Waals surface area contributed by atoms with Gasteiger partial charge in [-0.3, -0.25) is 14.4 Å².